The summed E-state index contributed by atoms with van der Waals surface area (Å²) in [6.45, 7) is 0. The molecule has 0 radical (unpaired) electrons. The Morgan fingerprint density at radius 3 is 2.29 bits per heavy atom. The Balaban J connectivity index is 2.19. The van der Waals surface area contributed by atoms with Gasteiger partial charge < -0.3 is 15.7 Å². The number of halogens is 2. The first-order valence-electron chi connectivity index (χ1n) is 5.83. The van der Waals surface area contributed by atoms with Gasteiger partial charge in [-0.2, -0.15) is 0 Å². The molecule has 108 valence electrons. The molecule has 0 bridgehead atoms. The molecule has 0 saturated heterocycles. The van der Waals surface area contributed by atoms with Gasteiger partial charge >= 0.3 is 12.0 Å². The fraction of sp³-hybridized carbons (Fsp3) is 0. The number of hydrogen-bond donors (Lipinski definition) is 3. The van der Waals surface area contributed by atoms with Crippen LogP contribution in [0.1, 0.15) is 10.4 Å². The number of amides is 2. The first-order chi connectivity index (χ1) is 9.97. The fourth-order valence-corrected chi connectivity index (χ4v) is 1.99. The first-order valence-corrected chi connectivity index (χ1v) is 6.58. The number of carbonyl (C=O) groups is 2. The van der Waals surface area contributed by atoms with Crippen LogP contribution in [0.2, 0.25) is 10.0 Å². The van der Waals surface area contributed by atoms with Crippen LogP contribution < -0.4 is 10.6 Å². The van der Waals surface area contributed by atoms with Crippen molar-refractivity contribution in [3.8, 4) is 0 Å². The number of rotatable bonds is 3. The van der Waals surface area contributed by atoms with Crippen molar-refractivity contribution in [2.45, 2.75) is 0 Å². The Morgan fingerprint density at radius 2 is 1.67 bits per heavy atom. The number of anilines is 2. The summed E-state index contributed by atoms with van der Waals surface area (Å²) in [5, 5.41) is 14.1. The van der Waals surface area contributed by atoms with Crippen LogP contribution in [0.4, 0.5) is 16.2 Å². The van der Waals surface area contributed by atoms with Crippen LogP contribution in [0.15, 0.2) is 42.5 Å². The van der Waals surface area contributed by atoms with Gasteiger partial charge in [-0.3, -0.25) is 0 Å². The van der Waals surface area contributed by atoms with Crippen LogP contribution >= 0.6 is 23.2 Å². The summed E-state index contributed by atoms with van der Waals surface area (Å²) < 4.78 is 0. The van der Waals surface area contributed by atoms with E-state index in [1.54, 1.807) is 24.3 Å². The predicted molar refractivity (Wildman–Crippen MR) is 82.5 cm³/mol. The van der Waals surface area contributed by atoms with Crippen LogP contribution in [-0.2, 0) is 0 Å². The Kier molecular flexibility index (Phi) is 4.67. The van der Waals surface area contributed by atoms with Gasteiger partial charge in [0.25, 0.3) is 0 Å². The largest absolute Gasteiger partial charge is 0.478 e. The summed E-state index contributed by atoms with van der Waals surface area (Å²) in [4.78, 5) is 22.8. The van der Waals surface area contributed by atoms with Gasteiger partial charge in [0.05, 0.1) is 21.3 Å². The van der Waals surface area contributed by atoms with Crippen LogP contribution in [-0.4, -0.2) is 17.1 Å². The molecule has 7 heteroatoms. The van der Waals surface area contributed by atoms with E-state index in [1.807, 2.05) is 6.07 Å². The lowest BCUT2D eigenvalue weighted by Crippen LogP contribution is -2.20. The number of nitrogens with one attached hydrogen (secondary N) is 2. The van der Waals surface area contributed by atoms with Gasteiger partial charge in [-0.15, -0.1) is 0 Å². The number of carboxylic acid groups (broad SMARTS) is 1. The molecule has 2 aromatic carbocycles. The SMILES string of the molecule is O=C(Nc1ccccc1)Nc1cc(C(=O)O)cc(Cl)c1Cl. The van der Waals surface area contributed by atoms with Crippen molar-refractivity contribution in [3.63, 3.8) is 0 Å². The van der Waals surface area contributed by atoms with Gasteiger partial charge in [-0.1, -0.05) is 41.4 Å². The molecule has 21 heavy (non-hydrogen) atoms. The molecule has 0 fully saturated rings. The van der Waals surface area contributed by atoms with Crippen molar-refractivity contribution in [2.75, 3.05) is 10.6 Å². The molecule has 0 saturated carbocycles. The Bertz CT molecular complexity index is 690. The first kappa shape index (κ1) is 15.2. The third-order valence-corrected chi connectivity index (χ3v) is 3.36. The monoisotopic (exact) mass is 324 g/mol. The highest BCUT2D eigenvalue weighted by molar-refractivity contribution is 6.44. The molecule has 0 spiro atoms. The zero-order valence-electron chi connectivity index (χ0n) is 10.6. The highest BCUT2D eigenvalue weighted by Gasteiger charge is 2.14. The van der Waals surface area contributed by atoms with E-state index in [0.717, 1.165) is 0 Å². The lowest BCUT2D eigenvalue weighted by Gasteiger charge is -2.11. The zero-order valence-corrected chi connectivity index (χ0v) is 12.1. The fourth-order valence-electron chi connectivity index (χ4n) is 1.61. The standard InChI is InChI=1S/C14H10Cl2N2O3/c15-10-6-8(13(19)20)7-11(12(10)16)18-14(21)17-9-4-2-1-3-5-9/h1-7H,(H,19,20)(H2,17,18,21). The average molecular weight is 325 g/mol. The van der Waals surface area contributed by atoms with Gasteiger partial charge in [0.15, 0.2) is 0 Å². The predicted octanol–water partition coefficient (Wildman–Crippen LogP) is 4.34. The quantitative estimate of drug-likeness (QED) is 0.785. The number of aromatic carboxylic acids is 1. The normalized spacial score (nSPS) is 10.0. The minimum absolute atomic E-state index is 0.0478. The van der Waals surface area contributed by atoms with Crippen molar-refractivity contribution in [1.82, 2.24) is 0 Å². The van der Waals surface area contributed by atoms with Gasteiger partial charge in [-0.25, -0.2) is 9.59 Å². The second-order valence-electron chi connectivity index (χ2n) is 4.07. The molecule has 2 rings (SSSR count). The maximum atomic E-state index is 11.9. The van der Waals surface area contributed by atoms with Crippen molar-refractivity contribution < 1.29 is 14.7 Å². The van der Waals surface area contributed by atoms with Crippen molar-refractivity contribution >= 4 is 46.6 Å². The summed E-state index contributed by atoms with van der Waals surface area (Å²) in [5.41, 5.74) is 0.640. The van der Waals surface area contributed by atoms with E-state index >= 15 is 0 Å². The number of urea groups is 1. The minimum Gasteiger partial charge on any atom is -0.478 e. The molecule has 0 aromatic heterocycles. The summed E-state index contributed by atoms with van der Waals surface area (Å²) in [6.07, 6.45) is 0. The van der Waals surface area contributed by atoms with Gasteiger partial charge in [0.2, 0.25) is 0 Å². The number of carboxylic acids is 1. The molecule has 0 aliphatic carbocycles. The van der Waals surface area contributed by atoms with Gasteiger partial charge in [0.1, 0.15) is 0 Å². The smallest absolute Gasteiger partial charge is 0.335 e. The molecular weight excluding hydrogens is 315 g/mol. The topological polar surface area (TPSA) is 78.4 Å². The third kappa shape index (κ3) is 3.87. The Hall–Kier alpha value is -2.24. The van der Waals surface area contributed by atoms with Crippen LogP contribution in [0.5, 0.6) is 0 Å². The average Bonchev–Trinajstić information content (AvgIpc) is 2.44. The van der Waals surface area contributed by atoms with E-state index in [2.05, 4.69) is 10.6 Å². The molecular formula is C14H10Cl2N2O3. The maximum absolute atomic E-state index is 11.9. The van der Waals surface area contributed by atoms with E-state index in [1.165, 1.54) is 12.1 Å². The number of hydrogen-bond acceptors (Lipinski definition) is 2. The summed E-state index contributed by atoms with van der Waals surface area (Å²) in [5.74, 6) is -1.17. The molecule has 0 atom stereocenters. The molecule has 2 aromatic rings. The lowest BCUT2D eigenvalue weighted by atomic mass is 10.2. The van der Waals surface area contributed by atoms with E-state index in [4.69, 9.17) is 28.3 Å². The summed E-state index contributed by atoms with van der Waals surface area (Å²) in [7, 11) is 0. The van der Waals surface area contributed by atoms with Crippen LogP contribution in [0, 0.1) is 0 Å². The van der Waals surface area contributed by atoms with Gasteiger partial charge in [-0.05, 0) is 24.3 Å². The highest BCUT2D eigenvalue weighted by atomic mass is 35.5. The Morgan fingerprint density at radius 1 is 1.00 bits per heavy atom. The van der Waals surface area contributed by atoms with E-state index in [-0.39, 0.29) is 21.3 Å². The van der Waals surface area contributed by atoms with E-state index in [0.29, 0.717) is 5.69 Å². The van der Waals surface area contributed by atoms with Crippen molar-refractivity contribution in [2.24, 2.45) is 0 Å². The molecule has 0 aliphatic rings. The van der Waals surface area contributed by atoms with Crippen LogP contribution in [0.25, 0.3) is 0 Å². The molecule has 3 N–H and O–H groups in total. The van der Waals surface area contributed by atoms with E-state index < -0.39 is 12.0 Å². The van der Waals surface area contributed by atoms with Crippen molar-refractivity contribution in [3.05, 3.63) is 58.1 Å². The summed E-state index contributed by atoms with van der Waals surface area (Å²) >= 11 is 11.8. The number of carbonyl (C=O) groups excluding carboxylic acids is 1. The number of para-hydroxylation sites is 1. The molecule has 0 aliphatic heterocycles. The molecule has 5 nitrogen and oxygen atoms in total. The van der Waals surface area contributed by atoms with E-state index in [9.17, 15) is 9.59 Å². The summed E-state index contributed by atoms with van der Waals surface area (Å²) in [6, 6.07) is 10.7. The second kappa shape index (κ2) is 6.47. The van der Waals surface area contributed by atoms with Crippen LogP contribution in [0.3, 0.4) is 0 Å². The maximum Gasteiger partial charge on any atom is 0.335 e. The molecule has 0 unspecified atom stereocenters. The molecule has 2 amide bonds. The second-order valence-corrected chi connectivity index (χ2v) is 4.86. The third-order valence-electron chi connectivity index (χ3n) is 2.56. The lowest BCUT2D eigenvalue weighted by molar-refractivity contribution is 0.0697. The Labute approximate surface area is 130 Å². The highest BCUT2D eigenvalue weighted by Crippen LogP contribution is 2.31. The molecule has 0 heterocycles. The van der Waals surface area contributed by atoms with Gasteiger partial charge in [0, 0.05) is 5.69 Å². The van der Waals surface area contributed by atoms with Crippen molar-refractivity contribution in [1.29, 1.82) is 0 Å². The number of benzene rings is 2. The minimum atomic E-state index is -1.17. The zero-order chi connectivity index (χ0) is 15.4.